The Morgan fingerprint density at radius 3 is 2.21 bits per heavy atom. The van der Waals surface area contributed by atoms with E-state index in [0.717, 1.165) is 16.0 Å². The number of anilines is 1. The lowest BCUT2D eigenvalue weighted by atomic mass is 10.0. The highest BCUT2D eigenvalue weighted by molar-refractivity contribution is 6.31. The number of aryl methyl sites for hydroxylation is 2. The molecule has 2 aromatic carbocycles. The van der Waals surface area contributed by atoms with E-state index in [1.807, 2.05) is 37.3 Å². The fourth-order valence-corrected chi connectivity index (χ4v) is 5.20. The smallest absolute Gasteiger partial charge is 0.417 e. The number of nitrogens with zero attached hydrogens (tertiary/aromatic N) is 2. The molecule has 0 bridgehead atoms. The van der Waals surface area contributed by atoms with Crippen LogP contribution in [-0.2, 0) is 30.3 Å². The van der Waals surface area contributed by atoms with E-state index < -0.39 is 65.8 Å². The molecule has 0 radical (unpaired) electrons. The summed E-state index contributed by atoms with van der Waals surface area (Å²) >= 11 is 6.16. The fourth-order valence-electron chi connectivity index (χ4n) is 5.08. The van der Waals surface area contributed by atoms with Crippen molar-refractivity contribution in [2.45, 2.75) is 97.1 Å². The molecule has 1 aliphatic rings. The van der Waals surface area contributed by atoms with Gasteiger partial charge in [-0.1, -0.05) is 41.9 Å². The van der Waals surface area contributed by atoms with Crippen LogP contribution in [0.3, 0.4) is 0 Å². The topological polar surface area (TPSA) is 160 Å². The van der Waals surface area contributed by atoms with Crippen LogP contribution in [0, 0.1) is 6.92 Å². The van der Waals surface area contributed by atoms with Crippen LogP contribution in [-0.4, -0.2) is 82.1 Å². The number of carbonyl (C=O) groups is 5. The molecule has 3 rings (SSSR count). The molecule has 1 heterocycles. The van der Waals surface area contributed by atoms with Gasteiger partial charge in [-0.2, -0.15) is 0 Å². The number of imide groups is 1. The van der Waals surface area contributed by atoms with Crippen LogP contribution >= 0.6 is 11.6 Å². The standard InChI is InChI=1S/C34H46ClN5O7/c1-21-17-23(14-15-25(21)35)37-29(42)26(16-13-22-11-9-8-10-12-22)38-30(43)27-18-24(20-39(27)31(44)46-33(2,3)4)40(28(41)19-36)32(45)47-34(5,6)7/h8-12,14-15,17,24,26-27H,13,16,18-20,36H2,1-7H3,(H,37,42)(H,38,43)/t24-,26-,27+/m1/s1. The lowest BCUT2D eigenvalue weighted by Gasteiger charge is -2.30. The first-order chi connectivity index (χ1) is 21.9. The Hall–Kier alpha value is -4.16. The molecule has 1 aliphatic heterocycles. The van der Waals surface area contributed by atoms with E-state index in [2.05, 4.69) is 10.6 Å². The van der Waals surface area contributed by atoms with E-state index in [4.69, 9.17) is 26.8 Å². The predicted octanol–water partition coefficient (Wildman–Crippen LogP) is 4.80. The van der Waals surface area contributed by atoms with Crippen molar-refractivity contribution in [3.63, 3.8) is 0 Å². The van der Waals surface area contributed by atoms with Crippen molar-refractivity contribution >= 4 is 47.2 Å². The molecule has 0 unspecified atom stereocenters. The van der Waals surface area contributed by atoms with Crippen molar-refractivity contribution in [1.82, 2.24) is 15.1 Å². The van der Waals surface area contributed by atoms with Gasteiger partial charge in [0.05, 0.1) is 12.6 Å². The normalized spacial score (nSPS) is 17.0. The number of nitrogens with two attached hydrogens (primary N) is 1. The maximum atomic E-state index is 14.0. The Bertz CT molecular complexity index is 1450. The van der Waals surface area contributed by atoms with Gasteiger partial charge in [-0.25, -0.2) is 14.5 Å². The Morgan fingerprint density at radius 1 is 1.00 bits per heavy atom. The molecule has 13 heteroatoms. The molecule has 2 aromatic rings. The van der Waals surface area contributed by atoms with Crippen LogP contribution in [0.15, 0.2) is 48.5 Å². The Balaban J connectivity index is 1.92. The van der Waals surface area contributed by atoms with Crippen molar-refractivity contribution in [2.75, 3.05) is 18.4 Å². The van der Waals surface area contributed by atoms with Gasteiger partial charge in [-0.3, -0.25) is 19.3 Å². The molecule has 0 spiro atoms. The summed E-state index contributed by atoms with van der Waals surface area (Å²) in [5.41, 5.74) is 6.05. The number of hydrogen-bond acceptors (Lipinski definition) is 8. The molecule has 0 aromatic heterocycles. The SMILES string of the molecule is Cc1cc(NC(=O)[C@@H](CCc2ccccc2)NC(=O)[C@@H]2C[C@@H](N(C(=O)CN)C(=O)OC(C)(C)C)CN2C(=O)OC(C)(C)C)ccc1Cl. The maximum absolute atomic E-state index is 14.0. The quantitative estimate of drug-likeness (QED) is 0.343. The third-order valence-corrected chi connectivity index (χ3v) is 7.66. The zero-order valence-electron chi connectivity index (χ0n) is 28.1. The second kappa shape index (κ2) is 15.6. The molecule has 4 N–H and O–H groups in total. The van der Waals surface area contributed by atoms with Gasteiger partial charge in [0, 0.05) is 17.3 Å². The molecule has 0 aliphatic carbocycles. The van der Waals surface area contributed by atoms with Gasteiger partial charge in [-0.15, -0.1) is 0 Å². The summed E-state index contributed by atoms with van der Waals surface area (Å²) in [6.07, 6.45) is -1.17. The number of halogens is 1. The molecular weight excluding hydrogens is 626 g/mol. The fraction of sp³-hybridized carbons (Fsp3) is 0.500. The molecule has 0 saturated carbocycles. The number of rotatable bonds is 9. The van der Waals surface area contributed by atoms with E-state index >= 15 is 0 Å². The van der Waals surface area contributed by atoms with Gasteiger partial charge < -0.3 is 25.8 Å². The first-order valence-electron chi connectivity index (χ1n) is 15.5. The van der Waals surface area contributed by atoms with Gasteiger partial charge in [0.15, 0.2) is 0 Å². The highest BCUT2D eigenvalue weighted by Gasteiger charge is 2.47. The highest BCUT2D eigenvalue weighted by Crippen LogP contribution is 2.27. The molecule has 3 atom stereocenters. The van der Waals surface area contributed by atoms with Gasteiger partial charge >= 0.3 is 12.2 Å². The van der Waals surface area contributed by atoms with Crippen LogP contribution < -0.4 is 16.4 Å². The zero-order chi connectivity index (χ0) is 35.1. The third kappa shape index (κ3) is 11.0. The van der Waals surface area contributed by atoms with Crippen molar-refractivity contribution in [3.05, 3.63) is 64.7 Å². The largest absolute Gasteiger partial charge is 0.444 e. The Morgan fingerprint density at radius 2 is 1.64 bits per heavy atom. The number of benzene rings is 2. The number of hydrogen-bond donors (Lipinski definition) is 3. The molecule has 5 amide bonds. The molecular formula is C34H46ClN5O7. The summed E-state index contributed by atoms with van der Waals surface area (Å²) < 4.78 is 11.1. The van der Waals surface area contributed by atoms with Crippen molar-refractivity contribution in [2.24, 2.45) is 5.73 Å². The second-order valence-corrected chi connectivity index (χ2v) is 13.9. The number of nitrogens with one attached hydrogen (secondary N) is 2. The number of carbonyl (C=O) groups excluding carboxylic acids is 5. The monoisotopic (exact) mass is 671 g/mol. The van der Waals surface area contributed by atoms with Crippen LogP contribution in [0.4, 0.5) is 15.3 Å². The van der Waals surface area contributed by atoms with E-state index in [-0.39, 0.29) is 19.4 Å². The van der Waals surface area contributed by atoms with Crippen LogP contribution in [0.25, 0.3) is 0 Å². The lowest BCUT2D eigenvalue weighted by molar-refractivity contribution is -0.131. The summed E-state index contributed by atoms with van der Waals surface area (Å²) in [6, 6.07) is 11.4. The molecule has 47 heavy (non-hydrogen) atoms. The highest BCUT2D eigenvalue weighted by atomic mass is 35.5. The number of likely N-dealkylation sites (tertiary alicyclic amines) is 1. The Kier molecular flexibility index (Phi) is 12.4. The molecule has 256 valence electrons. The Labute approximate surface area is 281 Å². The van der Waals surface area contributed by atoms with Crippen molar-refractivity contribution in [3.8, 4) is 0 Å². The van der Waals surface area contributed by atoms with Crippen LogP contribution in [0.1, 0.15) is 65.5 Å². The number of amides is 5. The van der Waals surface area contributed by atoms with Gasteiger partial charge in [-0.05, 0) is 97.1 Å². The predicted molar refractivity (Wildman–Crippen MR) is 179 cm³/mol. The molecule has 12 nitrogen and oxygen atoms in total. The van der Waals surface area contributed by atoms with Crippen LogP contribution in [0.5, 0.6) is 0 Å². The molecule has 1 saturated heterocycles. The van der Waals surface area contributed by atoms with Crippen LogP contribution in [0.2, 0.25) is 5.02 Å². The van der Waals surface area contributed by atoms with Gasteiger partial charge in [0.25, 0.3) is 0 Å². The summed E-state index contributed by atoms with van der Waals surface area (Å²) in [5, 5.41) is 6.22. The minimum atomic E-state index is -1.19. The lowest BCUT2D eigenvalue weighted by Crippen LogP contribution is -2.52. The summed E-state index contributed by atoms with van der Waals surface area (Å²) in [5.74, 6) is -1.85. The third-order valence-electron chi connectivity index (χ3n) is 7.23. The van der Waals surface area contributed by atoms with Crippen molar-refractivity contribution in [1.29, 1.82) is 0 Å². The van der Waals surface area contributed by atoms with Crippen molar-refractivity contribution < 1.29 is 33.4 Å². The van der Waals surface area contributed by atoms with E-state index in [1.165, 1.54) is 4.90 Å². The summed E-state index contributed by atoms with van der Waals surface area (Å²) in [6.45, 7) is 11.1. The maximum Gasteiger partial charge on any atom is 0.417 e. The summed E-state index contributed by atoms with van der Waals surface area (Å²) in [4.78, 5) is 69.1. The van der Waals surface area contributed by atoms with Gasteiger partial charge in [0.2, 0.25) is 17.7 Å². The average Bonchev–Trinajstić information content (AvgIpc) is 3.41. The second-order valence-electron chi connectivity index (χ2n) is 13.5. The molecule has 1 fully saturated rings. The number of ether oxygens (including phenoxy) is 2. The van der Waals surface area contributed by atoms with E-state index in [1.54, 1.807) is 59.7 Å². The van der Waals surface area contributed by atoms with Gasteiger partial charge in [0.1, 0.15) is 23.3 Å². The average molecular weight is 672 g/mol. The minimum Gasteiger partial charge on any atom is -0.444 e. The minimum absolute atomic E-state index is 0.126. The first kappa shape index (κ1) is 37.3. The summed E-state index contributed by atoms with van der Waals surface area (Å²) in [7, 11) is 0. The first-order valence-corrected chi connectivity index (χ1v) is 15.9. The van der Waals surface area contributed by atoms with E-state index in [0.29, 0.717) is 17.1 Å². The van der Waals surface area contributed by atoms with E-state index in [9.17, 15) is 24.0 Å². The zero-order valence-corrected chi connectivity index (χ0v) is 28.8.